The van der Waals surface area contributed by atoms with Crippen molar-refractivity contribution in [1.82, 2.24) is 5.32 Å². The minimum Gasteiger partial charge on any atom is -0.387 e. The lowest BCUT2D eigenvalue weighted by molar-refractivity contribution is -0.870. The van der Waals surface area contributed by atoms with Crippen LogP contribution in [0.5, 0.6) is 0 Å². The summed E-state index contributed by atoms with van der Waals surface area (Å²) in [7, 11) is 1.56. The third-order valence-corrected chi connectivity index (χ3v) is 11.4. The molecule has 0 radical (unpaired) electrons. The number of aliphatic hydroxyl groups excluding tert-OH is 1. The molecule has 0 rings (SSSR count). The number of quaternary nitrogens is 1. The molecule has 3 unspecified atom stereocenters. The first kappa shape index (κ1) is 54.0. The molecule has 0 saturated carbocycles. The minimum absolute atomic E-state index is 0.0575. The number of hydrogen-bond donors (Lipinski definition) is 3. The predicted molar refractivity (Wildman–Crippen MR) is 235 cm³/mol. The van der Waals surface area contributed by atoms with Crippen molar-refractivity contribution in [2.75, 3.05) is 40.9 Å². The standard InChI is InChI=1S/C46H91N2O6P/c1-6-8-10-12-14-15-16-17-18-19-20-21-22-23-24-25-26-27-28-29-30-31-32-34-36-38-40-46(50)47-44(45(49)39-37-35-33-13-11-9-7-2)43-54-55(51,52)53-42-41-48(3,4)5/h11,13,37,39,44-45,49H,6-10,12,14-36,38,40-43H2,1-5H3,(H-,47,50,51,52)/p+1/b13-11+,39-37+. The van der Waals surface area contributed by atoms with Crippen LogP contribution in [0.15, 0.2) is 24.3 Å². The number of unbranched alkanes of at least 4 members (excludes halogenated alkanes) is 27. The molecule has 0 spiro atoms. The zero-order chi connectivity index (χ0) is 40.7. The molecule has 3 atom stereocenters. The summed E-state index contributed by atoms with van der Waals surface area (Å²) in [6.07, 6.45) is 45.9. The van der Waals surface area contributed by atoms with E-state index < -0.39 is 20.0 Å². The smallest absolute Gasteiger partial charge is 0.387 e. The summed E-state index contributed by atoms with van der Waals surface area (Å²) in [5, 5.41) is 13.7. The van der Waals surface area contributed by atoms with Crippen molar-refractivity contribution in [3.8, 4) is 0 Å². The molecule has 0 saturated heterocycles. The fraction of sp³-hybridized carbons (Fsp3) is 0.891. The van der Waals surface area contributed by atoms with E-state index in [1.54, 1.807) is 6.08 Å². The Labute approximate surface area is 341 Å². The number of amides is 1. The lowest BCUT2D eigenvalue weighted by atomic mass is 10.0. The second-order valence-corrected chi connectivity index (χ2v) is 18.6. The second kappa shape index (κ2) is 38.5. The summed E-state index contributed by atoms with van der Waals surface area (Å²) in [6.45, 7) is 4.69. The molecule has 0 fully saturated rings. The van der Waals surface area contributed by atoms with Gasteiger partial charge in [-0.25, -0.2) is 4.57 Å². The Hall–Kier alpha value is -1.02. The fourth-order valence-corrected chi connectivity index (χ4v) is 7.45. The summed E-state index contributed by atoms with van der Waals surface area (Å²) in [5.74, 6) is -0.188. The van der Waals surface area contributed by atoms with Crippen molar-refractivity contribution in [3.05, 3.63) is 24.3 Å². The van der Waals surface area contributed by atoms with E-state index >= 15 is 0 Å². The maximum atomic E-state index is 12.8. The number of carbonyl (C=O) groups is 1. The molecule has 0 aliphatic rings. The summed E-state index contributed by atoms with van der Waals surface area (Å²) in [4.78, 5) is 23.0. The summed E-state index contributed by atoms with van der Waals surface area (Å²) < 4.78 is 23.4. The second-order valence-electron chi connectivity index (χ2n) is 17.1. The fourth-order valence-electron chi connectivity index (χ4n) is 6.71. The van der Waals surface area contributed by atoms with Gasteiger partial charge in [-0.15, -0.1) is 0 Å². The lowest BCUT2D eigenvalue weighted by Gasteiger charge is -2.25. The summed E-state index contributed by atoms with van der Waals surface area (Å²) in [5.41, 5.74) is 0. The number of nitrogens with zero attached hydrogens (tertiary/aromatic N) is 1. The zero-order valence-corrected chi connectivity index (χ0v) is 37.8. The molecule has 9 heteroatoms. The largest absolute Gasteiger partial charge is 0.472 e. The van der Waals surface area contributed by atoms with Crippen LogP contribution in [0.1, 0.15) is 213 Å². The summed E-state index contributed by atoms with van der Waals surface area (Å²) in [6, 6.07) is -0.856. The van der Waals surface area contributed by atoms with Gasteiger partial charge < -0.3 is 19.8 Å². The number of phosphoric ester groups is 1. The summed E-state index contributed by atoms with van der Waals surface area (Å²) >= 11 is 0. The Balaban J connectivity index is 4.00. The molecule has 0 aromatic rings. The maximum absolute atomic E-state index is 12.8. The zero-order valence-electron chi connectivity index (χ0n) is 36.9. The monoisotopic (exact) mass is 800 g/mol. The van der Waals surface area contributed by atoms with Gasteiger partial charge in [0.1, 0.15) is 13.2 Å². The number of nitrogens with one attached hydrogen (secondary N) is 1. The number of likely N-dealkylation sites (N-methyl/N-ethyl adjacent to an activating group) is 1. The molecule has 55 heavy (non-hydrogen) atoms. The molecule has 326 valence electrons. The number of allylic oxidation sites excluding steroid dienone is 3. The molecule has 0 aliphatic heterocycles. The average Bonchev–Trinajstić information content (AvgIpc) is 3.13. The average molecular weight is 800 g/mol. The molecule has 1 amide bonds. The highest BCUT2D eigenvalue weighted by atomic mass is 31.2. The highest BCUT2D eigenvalue weighted by molar-refractivity contribution is 7.47. The van der Waals surface area contributed by atoms with Gasteiger partial charge in [0, 0.05) is 6.42 Å². The Morgan fingerprint density at radius 2 is 1.00 bits per heavy atom. The Kier molecular flexibility index (Phi) is 37.8. The van der Waals surface area contributed by atoms with E-state index in [0.717, 1.165) is 44.9 Å². The third-order valence-electron chi connectivity index (χ3n) is 10.4. The molecule has 0 bridgehead atoms. The molecule has 0 heterocycles. The first-order valence-corrected chi connectivity index (χ1v) is 24.7. The van der Waals surface area contributed by atoms with Crippen LogP contribution in [-0.4, -0.2) is 73.4 Å². The first-order valence-electron chi connectivity index (χ1n) is 23.2. The van der Waals surface area contributed by atoms with Crippen LogP contribution in [0.4, 0.5) is 0 Å². The van der Waals surface area contributed by atoms with E-state index in [4.69, 9.17) is 9.05 Å². The maximum Gasteiger partial charge on any atom is 0.472 e. The highest BCUT2D eigenvalue weighted by Crippen LogP contribution is 2.43. The van der Waals surface area contributed by atoms with Crippen molar-refractivity contribution >= 4 is 13.7 Å². The van der Waals surface area contributed by atoms with Crippen LogP contribution >= 0.6 is 7.82 Å². The van der Waals surface area contributed by atoms with E-state index in [1.165, 1.54) is 148 Å². The third kappa shape index (κ3) is 41.0. The van der Waals surface area contributed by atoms with Gasteiger partial charge in [-0.05, 0) is 25.7 Å². The van der Waals surface area contributed by atoms with Gasteiger partial charge in [0.15, 0.2) is 0 Å². The predicted octanol–water partition coefficient (Wildman–Crippen LogP) is 12.9. The van der Waals surface area contributed by atoms with E-state index in [1.807, 2.05) is 27.2 Å². The molecule has 8 nitrogen and oxygen atoms in total. The van der Waals surface area contributed by atoms with E-state index in [2.05, 4.69) is 31.3 Å². The van der Waals surface area contributed by atoms with Crippen LogP contribution in [0.3, 0.4) is 0 Å². The number of rotatable bonds is 42. The van der Waals surface area contributed by atoms with E-state index in [0.29, 0.717) is 17.4 Å². The van der Waals surface area contributed by atoms with Crippen LogP contribution in [-0.2, 0) is 18.4 Å². The lowest BCUT2D eigenvalue weighted by Crippen LogP contribution is -2.45. The Morgan fingerprint density at radius 3 is 1.42 bits per heavy atom. The van der Waals surface area contributed by atoms with Gasteiger partial charge in [0.25, 0.3) is 0 Å². The van der Waals surface area contributed by atoms with E-state index in [-0.39, 0.29) is 19.1 Å². The number of aliphatic hydroxyl groups is 1. The van der Waals surface area contributed by atoms with E-state index in [9.17, 15) is 19.4 Å². The minimum atomic E-state index is -4.33. The van der Waals surface area contributed by atoms with Gasteiger partial charge in [-0.3, -0.25) is 13.8 Å². The number of hydrogen-bond acceptors (Lipinski definition) is 5. The molecular formula is C46H92N2O6P+. The highest BCUT2D eigenvalue weighted by Gasteiger charge is 2.27. The van der Waals surface area contributed by atoms with Gasteiger partial charge in [-0.1, -0.05) is 205 Å². The Morgan fingerprint density at radius 1 is 0.600 bits per heavy atom. The van der Waals surface area contributed by atoms with Crippen LogP contribution in [0.2, 0.25) is 0 Å². The normalized spacial score (nSPS) is 14.5. The quantitative estimate of drug-likeness (QED) is 0.0246. The van der Waals surface area contributed by atoms with Crippen molar-refractivity contribution in [2.45, 2.75) is 225 Å². The van der Waals surface area contributed by atoms with Crippen molar-refractivity contribution in [2.24, 2.45) is 0 Å². The Bertz CT molecular complexity index is 953. The van der Waals surface area contributed by atoms with Crippen LogP contribution in [0, 0.1) is 0 Å². The first-order chi connectivity index (χ1) is 26.5. The topological polar surface area (TPSA) is 105 Å². The van der Waals surface area contributed by atoms with Gasteiger partial charge >= 0.3 is 7.82 Å². The molecule has 0 aliphatic carbocycles. The van der Waals surface area contributed by atoms with Gasteiger partial charge in [-0.2, -0.15) is 0 Å². The molecule has 3 N–H and O–H groups in total. The van der Waals surface area contributed by atoms with Crippen molar-refractivity contribution < 1.29 is 32.9 Å². The number of carbonyl (C=O) groups excluding carboxylic acids is 1. The number of phosphoric acid groups is 1. The molecule has 0 aromatic carbocycles. The molecular weight excluding hydrogens is 707 g/mol. The van der Waals surface area contributed by atoms with Gasteiger partial charge in [0.2, 0.25) is 5.91 Å². The SMILES string of the molecule is CCC/C=C/CC/C=C/C(O)C(COP(=O)(O)OCC[N+](C)(C)C)NC(=O)CCCCCCCCCCCCCCCCCCCCCCCCCCCC. The molecule has 0 aromatic heterocycles. The van der Waals surface area contributed by atoms with Gasteiger partial charge in [0.05, 0.1) is 39.9 Å². The van der Waals surface area contributed by atoms with Crippen molar-refractivity contribution in [1.29, 1.82) is 0 Å². The van der Waals surface area contributed by atoms with Crippen LogP contribution in [0.25, 0.3) is 0 Å². The van der Waals surface area contributed by atoms with Crippen molar-refractivity contribution in [3.63, 3.8) is 0 Å². The van der Waals surface area contributed by atoms with Crippen LogP contribution < -0.4 is 5.32 Å².